The Morgan fingerprint density at radius 3 is 3.00 bits per heavy atom. The minimum Gasteiger partial charge on any atom is -0.493 e. The van der Waals surface area contributed by atoms with Gasteiger partial charge in [-0.2, -0.15) is 5.10 Å². The summed E-state index contributed by atoms with van der Waals surface area (Å²) in [5, 5.41) is 4.35. The molecule has 0 aliphatic rings. The number of hydrogen-bond donors (Lipinski definition) is 1. The van der Waals surface area contributed by atoms with Gasteiger partial charge in [0, 0.05) is 17.5 Å². The number of hydrazone groups is 1. The standard InChI is InChI=1S/C11H13ClN2O2/c1-3-16-11-5-4-10(12)6-9(11)7-13-14-8(2)15/h4-7H,3H2,1-2H3,(H,14,15)/b13-7+. The average Bonchev–Trinajstić information content (AvgIpc) is 2.21. The van der Waals surface area contributed by atoms with Crippen molar-refractivity contribution < 1.29 is 9.53 Å². The summed E-state index contributed by atoms with van der Waals surface area (Å²) in [6, 6.07) is 5.22. The summed E-state index contributed by atoms with van der Waals surface area (Å²) in [7, 11) is 0. The summed E-state index contributed by atoms with van der Waals surface area (Å²) < 4.78 is 5.39. The third-order valence-corrected chi connectivity index (χ3v) is 1.93. The first-order valence-corrected chi connectivity index (χ1v) is 5.23. The summed E-state index contributed by atoms with van der Waals surface area (Å²) in [5.74, 6) is 0.456. The zero-order chi connectivity index (χ0) is 12.0. The fourth-order valence-electron chi connectivity index (χ4n) is 1.10. The maximum absolute atomic E-state index is 10.6. The molecule has 86 valence electrons. The largest absolute Gasteiger partial charge is 0.493 e. The number of hydrogen-bond acceptors (Lipinski definition) is 3. The topological polar surface area (TPSA) is 50.7 Å². The average molecular weight is 241 g/mol. The summed E-state index contributed by atoms with van der Waals surface area (Å²) in [6.45, 7) is 3.84. The van der Waals surface area contributed by atoms with Gasteiger partial charge in [-0.1, -0.05) is 11.6 Å². The normalized spacial score (nSPS) is 10.4. The van der Waals surface area contributed by atoms with Crippen molar-refractivity contribution in [3.63, 3.8) is 0 Å². The zero-order valence-corrected chi connectivity index (χ0v) is 9.91. The van der Waals surface area contributed by atoms with Crippen molar-refractivity contribution in [3.8, 4) is 5.75 Å². The molecule has 0 aliphatic heterocycles. The molecule has 1 amide bonds. The fourth-order valence-corrected chi connectivity index (χ4v) is 1.28. The van der Waals surface area contributed by atoms with Gasteiger partial charge in [0.05, 0.1) is 12.8 Å². The van der Waals surface area contributed by atoms with Crippen molar-refractivity contribution in [2.24, 2.45) is 5.10 Å². The molecule has 0 aliphatic carbocycles. The molecule has 1 N–H and O–H groups in total. The van der Waals surface area contributed by atoms with Crippen LogP contribution in [-0.4, -0.2) is 18.7 Å². The molecule has 0 aromatic heterocycles. The van der Waals surface area contributed by atoms with E-state index in [4.69, 9.17) is 16.3 Å². The van der Waals surface area contributed by atoms with Crippen LogP contribution in [0.2, 0.25) is 5.02 Å². The minimum atomic E-state index is -0.226. The SMILES string of the molecule is CCOc1ccc(Cl)cc1/C=N/NC(C)=O. The van der Waals surface area contributed by atoms with E-state index in [-0.39, 0.29) is 5.91 Å². The van der Waals surface area contributed by atoms with Crippen LogP contribution in [0.3, 0.4) is 0 Å². The molecule has 0 saturated heterocycles. The highest BCUT2D eigenvalue weighted by Crippen LogP contribution is 2.21. The highest BCUT2D eigenvalue weighted by atomic mass is 35.5. The Bertz CT molecular complexity index is 405. The Kier molecular flexibility index (Phi) is 4.79. The third kappa shape index (κ3) is 3.90. The van der Waals surface area contributed by atoms with Crippen LogP contribution in [0.25, 0.3) is 0 Å². The molecule has 0 radical (unpaired) electrons. The number of rotatable bonds is 4. The molecular formula is C11H13ClN2O2. The van der Waals surface area contributed by atoms with Crippen LogP contribution in [0, 0.1) is 0 Å². The van der Waals surface area contributed by atoms with Gasteiger partial charge in [-0.25, -0.2) is 5.43 Å². The van der Waals surface area contributed by atoms with Gasteiger partial charge in [0.15, 0.2) is 0 Å². The van der Waals surface area contributed by atoms with Crippen molar-refractivity contribution in [3.05, 3.63) is 28.8 Å². The summed E-state index contributed by atoms with van der Waals surface area (Å²) in [5.41, 5.74) is 3.04. The summed E-state index contributed by atoms with van der Waals surface area (Å²) in [4.78, 5) is 10.6. The number of nitrogens with one attached hydrogen (secondary N) is 1. The molecule has 1 aromatic carbocycles. The maximum Gasteiger partial charge on any atom is 0.236 e. The predicted octanol–water partition coefficient (Wildman–Crippen LogP) is 2.21. The summed E-state index contributed by atoms with van der Waals surface area (Å²) in [6.07, 6.45) is 1.50. The van der Waals surface area contributed by atoms with Crippen molar-refractivity contribution in [2.75, 3.05) is 6.61 Å². The Morgan fingerprint density at radius 1 is 1.62 bits per heavy atom. The van der Waals surface area contributed by atoms with E-state index in [1.54, 1.807) is 18.2 Å². The van der Waals surface area contributed by atoms with Gasteiger partial charge >= 0.3 is 0 Å². The van der Waals surface area contributed by atoms with Crippen LogP contribution >= 0.6 is 11.6 Å². The van der Waals surface area contributed by atoms with Gasteiger partial charge in [0.2, 0.25) is 5.91 Å². The van der Waals surface area contributed by atoms with Gasteiger partial charge in [0.1, 0.15) is 5.75 Å². The molecule has 4 nitrogen and oxygen atoms in total. The molecule has 16 heavy (non-hydrogen) atoms. The molecule has 5 heteroatoms. The second kappa shape index (κ2) is 6.12. The third-order valence-electron chi connectivity index (χ3n) is 1.70. The molecule has 1 aromatic rings. The second-order valence-corrected chi connectivity index (χ2v) is 3.48. The number of ether oxygens (including phenoxy) is 1. The van der Waals surface area contributed by atoms with Crippen LogP contribution in [0.1, 0.15) is 19.4 Å². The van der Waals surface area contributed by atoms with E-state index in [1.807, 2.05) is 6.92 Å². The second-order valence-electron chi connectivity index (χ2n) is 3.04. The van der Waals surface area contributed by atoms with Gasteiger partial charge in [-0.3, -0.25) is 4.79 Å². The minimum absolute atomic E-state index is 0.226. The van der Waals surface area contributed by atoms with E-state index in [9.17, 15) is 4.79 Å². The lowest BCUT2D eigenvalue weighted by Crippen LogP contribution is -2.12. The van der Waals surface area contributed by atoms with E-state index in [0.717, 1.165) is 5.56 Å². The first-order valence-electron chi connectivity index (χ1n) is 4.85. The first kappa shape index (κ1) is 12.5. The Morgan fingerprint density at radius 2 is 2.38 bits per heavy atom. The van der Waals surface area contributed by atoms with Crippen molar-refractivity contribution in [1.29, 1.82) is 0 Å². The summed E-state index contributed by atoms with van der Waals surface area (Å²) >= 11 is 5.85. The monoisotopic (exact) mass is 240 g/mol. The number of carbonyl (C=O) groups excluding carboxylic acids is 1. The number of halogens is 1. The van der Waals surface area contributed by atoms with E-state index in [0.29, 0.717) is 17.4 Å². The first-order chi connectivity index (χ1) is 7.63. The quantitative estimate of drug-likeness (QED) is 0.648. The van der Waals surface area contributed by atoms with E-state index < -0.39 is 0 Å². The van der Waals surface area contributed by atoms with Crippen LogP contribution < -0.4 is 10.2 Å². The Labute approximate surface area is 99.2 Å². The van der Waals surface area contributed by atoms with Crippen molar-refractivity contribution in [2.45, 2.75) is 13.8 Å². The maximum atomic E-state index is 10.6. The lowest BCUT2D eigenvalue weighted by atomic mass is 10.2. The highest BCUT2D eigenvalue weighted by molar-refractivity contribution is 6.30. The molecular weight excluding hydrogens is 228 g/mol. The van der Waals surface area contributed by atoms with Crippen LogP contribution in [0.5, 0.6) is 5.75 Å². The van der Waals surface area contributed by atoms with Gasteiger partial charge in [-0.05, 0) is 25.1 Å². The molecule has 0 fully saturated rings. The number of carbonyl (C=O) groups is 1. The number of amides is 1. The molecule has 0 saturated carbocycles. The van der Waals surface area contributed by atoms with E-state index in [2.05, 4.69) is 10.5 Å². The molecule has 0 heterocycles. The molecule has 0 atom stereocenters. The molecule has 0 unspecified atom stereocenters. The zero-order valence-electron chi connectivity index (χ0n) is 9.16. The molecule has 0 bridgehead atoms. The lowest BCUT2D eigenvalue weighted by Gasteiger charge is -2.06. The molecule has 1 rings (SSSR count). The Hall–Kier alpha value is -1.55. The van der Waals surface area contributed by atoms with Gasteiger partial charge < -0.3 is 4.74 Å². The smallest absolute Gasteiger partial charge is 0.236 e. The predicted molar refractivity (Wildman–Crippen MR) is 64.0 cm³/mol. The Balaban J connectivity index is 2.86. The molecule has 0 spiro atoms. The number of benzene rings is 1. The lowest BCUT2D eigenvalue weighted by molar-refractivity contribution is -0.118. The van der Waals surface area contributed by atoms with E-state index in [1.165, 1.54) is 13.1 Å². The van der Waals surface area contributed by atoms with Crippen LogP contribution in [0.4, 0.5) is 0 Å². The fraction of sp³-hybridized carbons (Fsp3) is 0.273. The van der Waals surface area contributed by atoms with Crippen LogP contribution in [0.15, 0.2) is 23.3 Å². The van der Waals surface area contributed by atoms with E-state index >= 15 is 0 Å². The highest BCUT2D eigenvalue weighted by Gasteiger charge is 2.01. The van der Waals surface area contributed by atoms with Crippen molar-refractivity contribution in [1.82, 2.24) is 5.43 Å². The van der Waals surface area contributed by atoms with Gasteiger partial charge in [-0.15, -0.1) is 0 Å². The van der Waals surface area contributed by atoms with Gasteiger partial charge in [0.25, 0.3) is 0 Å². The van der Waals surface area contributed by atoms with Crippen molar-refractivity contribution >= 4 is 23.7 Å². The van der Waals surface area contributed by atoms with Crippen LogP contribution in [-0.2, 0) is 4.79 Å². The number of nitrogens with zero attached hydrogens (tertiary/aromatic N) is 1.